The third-order valence-electron chi connectivity index (χ3n) is 1.64. The zero-order valence-corrected chi connectivity index (χ0v) is 7.45. The van der Waals surface area contributed by atoms with Gasteiger partial charge in [-0.15, -0.1) is 0 Å². The highest BCUT2D eigenvalue weighted by Gasteiger charge is 2.09. The maximum Gasteiger partial charge on any atom is 0.310 e. The largest absolute Gasteiger partial charge is 0.469 e. The highest BCUT2D eigenvalue weighted by Crippen LogP contribution is 2.09. The maximum absolute atomic E-state index is 12.7. The van der Waals surface area contributed by atoms with E-state index < -0.39 is 11.9 Å². The molecule has 14 heavy (non-hydrogen) atoms. The van der Waals surface area contributed by atoms with Gasteiger partial charge in [0, 0.05) is 6.20 Å². The van der Waals surface area contributed by atoms with E-state index in [1.54, 1.807) is 0 Å². The summed E-state index contributed by atoms with van der Waals surface area (Å²) in [4.78, 5) is 14.2. The quantitative estimate of drug-likeness (QED) is 0.516. The van der Waals surface area contributed by atoms with Crippen molar-refractivity contribution in [2.24, 2.45) is 0 Å². The van der Waals surface area contributed by atoms with E-state index in [2.05, 4.69) is 9.72 Å². The summed E-state index contributed by atoms with van der Waals surface area (Å²) in [7, 11) is 1.23. The Morgan fingerprint density at radius 1 is 1.79 bits per heavy atom. The minimum absolute atomic E-state index is 0.126. The number of pyridine rings is 1. The first-order valence-corrected chi connectivity index (χ1v) is 3.78. The molecule has 0 aliphatic rings. The Morgan fingerprint density at radius 2 is 2.50 bits per heavy atom. The van der Waals surface area contributed by atoms with Crippen LogP contribution in [0.4, 0.5) is 4.39 Å². The molecule has 0 aliphatic carbocycles. The number of hydrogen-bond donors (Lipinski definition) is 0. The number of methoxy groups -OCH3 is 1. The molecule has 72 valence electrons. The van der Waals surface area contributed by atoms with Crippen LogP contribution in [0.15, 0.2) is 12.3 Å². The van der Waals surface area contributed by atoms with Gasteiger partial charge in [0.2, 0.25) is 5.95 Å². The SMILES string of the molecule is COC(=O)Cc1cc(F)ncc1C#N. The lowest BCUT2D eigenvalue weighted by Crippen LogP contribution is -2.06. The number of carbonyl (C=O) groups excluding carboxylic acids is 1. The number of rotatable bonds is 2. The summed E-state index contributed by atoms with van der Waals surface area (Å²) in [5.74, 6) is -1.24. The van der Waals surface area contributed by atoms with Crippen molar-refractivity contribution in [3.63, 3.8) is 0 Å². The van der Waals surface area contributed by atoms with Crippen molar-refractivity contribution in [1.29, 1.82) is 5.26 Å². The number of esters is 1. The van der Waals surface area contributed by atoms with Gasteiger partial charge in [-0.25, -0.2) is 4.98 Å². The summed E-state index contributed by atoms with van der Waals surface area (Å²) in [6.07, 6.45) is 0.965. The molecule has 0 atom stereocenters. The van der Waals surface area contributed by atoms with E-state index in [9.17, 15) is 9.18 Å². The summed E-state index contributed by atoms with van der Waals surface area (Å²) in [5, 5.41) is 8.63. The maximum atomic E-state index is 12.7. The van der Waals surface area contributed by atoms with Gasteiger partial charge in [-0.1, -0.05) is 0 Å². The summed E-state index contributed by atoms with van der Waals surface area (Å²) in [5.41, 5.74) is 0.462. The second-order valence-electron chi connectivity index (χ2n) is 2.53. The first-order valence-electron chi connectivity index (χ1n) is 3.78. The monoisotopic (exact) mass is 194 g/mol. The third kappa shape index (κ3) is 2.26. The Labute approximate surface area is 79.9 Å². The predicted octanol–water partition coefficient (Wildman–Crippen LogP) is 0.808. The second-order valence-corrected chi connectivity index (χ2v) is 2.53. The van der Waals surface area contributed by atoms with Crippen LogP contribution in [0, 0.1) is 17.3 Å². The van der Waals surface area contributed by atoms with E-state index in [1.807, 2.05) is 6.07 Å². The molecule has 0 aromatic carbocycles. The van der Waals surface area contributed by atoms with Crippen LogP contribution in [0.3, 0.4) is 0 Å². The summed E-state index contributed by atoms with van der Waals surface area (Å²) >= 11 is 0. The Morgan fingerprint density at radius 3 is 3.07 bits per heavy atom. The molecule has 5 heteroatoms. The number of nitrogens with zero attached hydrogens (tertiary/aromatic N) is 2. The fourth-order valence-electron chi connectivity index (χ4n) is 0.943. The zero-order valence-electron chi connectivity index (χ0n) is 7.45. The number of nitriles is 1. The van der Waals surface area contributed by atoms with Crippen molar-refractivity contribution >= 4 is 5.97 Å². The number of halogens is 1. The topological polar surface area (TPSA) is 63.0 Å². The standard InChI is InChI=1S/C9H7FN2O2/c1-14-9(13)3-6-2-8(10)12-5-7(6)4-11/h2,5H,3H2,1H3. The molecule has 0 spiro atoms. The fourth-order valence-corrected chi connectivity index (χ4v) is 0.943. The van der Waals surface area contributed by atoms with Crippen molar-refractivity contribution in [1.82, 2.24) is 4.98 Å². The molecule has 0 bridgehead atoms. The molecule has 0 unspecified atom stereocenters. The normalized spacial score (nSPS) is 9.21. The molecule has 1 rings (SSSR count). The van der Waals surface area contributed by atoms with Crippen LogP contribution < -0.4 is 0 Å². The van der Waals surface area contributed by atoms with E-state index in [-0.39, 0.29) is 17.5 Å². The molecule has 0 radical (unpaired) electrons. The third-order valence-corrected chi connectivity index (χ3v) is 1.64. The molecule has 1 aromatic rings. The molecule has 0 saturated heterocycles. The van der Waals surface area contributed by atoms with Gasteiger partial charge in [-0.05, 0) is 11.6 Å². The Kier molecular flexibility index (Phi) is 3.13. The van der Waals surface area contributed by atoms with Crippen molar-refractivity contribution in [2.45, 2.75) is 6.42 Å². The highest BCUT2D eigenvalue weighted by molar-refractivity contribution is 5.73. The van der Waals surface area contributed by atoms with E-state index in [4.69, 9.17) is 5.26 Å². The summed E-state index contributed by atoms with van der Waals surface area (Å²) < 4.78 is 17.1. The predicted molar refractivity (Wildman–Crippen MR) is 44.6 cm³/mol. The average molecular weight is 194 g/mol. The molecular weight excluding hydrogens is 187 g/mol. The minimum atomic E-state index is -0.720. The van der Waals surface area contributed by atoms with Crippen molar-refractivity contribution in [3.05, 3.63) is 29.3 Å². The van der Waals surface area contributed by atoms with Crippen LogP contribution in [0.2, 0.25) is 0 Å². The number of ether oxygens (including phenoxy) is 1. The first kappa shape index (κ1) is 10.1. The van der Waals surface area contributed by atoms with Gasteiger partial charge in [0.1, 0.15) is 6.07 Å². The van der Waals surface area contributed by atoms with E-state index >= 15 is 0 Å². The lowest BCUT2D eigenvalue weighted by Gasteiger charge is -2.01. The molecule has 1 aromatic heterocycles. The van der Waals surface area contributed by atoms with Crippen LogP contribution in [0.5, 0.6) is 0 Å². The van der Waals surface area contributed by atoms with Crippen molar-refractivity contribution in [2.75, 3.05) is 7.11 Å². The smallest absolute Gasteiger partial charge is 0.310 e. The second kappa shape index (κ2) is 4.33. The van der Waals surface area contributed by atoms with Gasteiger partial charge < -0.3 is 4.74 Å². The van der Waals surface area contributed by atoms with Crippen molar-refractivity contribution in [3.8, 4) is 6.07 Å². The van der Waals surface area contributed by atoms with Gasteiger partial charge in [0.15, 0.2) is 0 Å². The van der Waals surface area contributed by atoms with Gasteiger partial charge in [0.05, 0.1) is 19.1 Å². The molecule has 0 amide bonds. The van der Waals surface area contributed by atoms with Crippen LogP contribution in [-0.4, -0.2) is 18.1 Å². The van der Waals surface area contributed by atoms with Gasteiger partial charge >= 0.3 is 5.97 Å². The summed E-state index contributed by atoms with van der Waals surface area (Å²) in [6, 6.07) is 2.87. The molecule has 0 fully saturated rings. The van der Waals surface area contributed by atoms with Crippen LogP contribution >= 0.6 is 0 Å². The van der Waals surface area contributed by atoms with Crippen LogP contribution in [-0.2, 0) is 16.0 Å². The van der Waals surface area contributed by atoms with E-state index in [0.29, 0.717) is 0 Å². The molecule has 1 heterocycles. The van der Waals surface area contributed by atoms with E-state index in [0.717, 1.165) is 12.3 Å². The molecule has 0 saturated carbocycles. The number of hydrogen-bond acceptors (Lipinski definition) is 4. The van der Waals surface area contributed by atoms with Crippen molar-refractivity contribution < 1.29 is 13.9 Å². The molecular formula is C9H7FN2O2. The lowest BCUT2D eigenvalue weighted by atomic mass is 10.1. The lowest BCUT2D eigenvalue weighted by molar-refractivity contribution is -0.139. The Hall–Kier alpha value is -1.96. The molecule has 0 aliphatic heterocycles. The summed E-state index contributed by atoms with van der Waals surface area (Å²) in [6.45, 7) is 0. The van der Waals surface area contributed by atoms with Gasteiger partial charge in [-0.3, -0.25) is 4.79 Å². The Bertz CT molecular complexity index is 398. The minimum Gasteiger partial charge on any atom is -0.469 e. The Balaban J connectivity index is 3.00. The number of aromatic nitrogens is 1. The van der Waals surface area contributed by atoms with Crippen LogP contribution in [0.1, 0.15) is 11.1 Å². The molecule has 0 N–H and O–H groups in total. The zero-order chi connectivity index (χ0) is 10.6. The van der Waals surface area contributed by atoms with Gasteiger partial charge in [-0.2, -0.15) is 9.65 Å². The molecule has 4 nitrogen and oxygen atoms in total. The fraction of sp³-hybridized carbons (Fsp3) is 0.222. The van der Waals surface area contributed by atoms with E-state index in [1.165, 1.54) is 7.11 Å². The average Bonchev–Trinajstić information content (AvgIpc) is 2.18. The highest BCUT2D eigenvalue weighted by atomic mass is 19.1. The number of carbonyl (C=O) groups is 1. The van der Waals surface area contributed by atoms with Crippen LogP contribution in [0.25, 0.3) is 0 Å². The first-order chi connectivity index (χ1) is 6.67. The van der Waals surface area contributed by atoms with Gasteiger partial charge in [0.25, 0.3) is 0 Å².